The average Bonchev–Trinajstić information content (AvgIpc) is 2.72. The molecule has 0 unspecified atom stereocenters. The molecule has 4 rings (SSSR count). The van der Waals surface area contributed by atoms with Crippen LogP contribution in [-0.2, 0) is 9.53 Å². The summed E-state index contributed by atoms with van der Waals surface area (Å²) < 4.78 is 5.62. The highest BCUT2D eigenvalue weighted by Crippen LogP contribution is 2.57. The maximum absolute atomic E-state index is 11.8. The number of hydrogen-bond donors (Lipinski definition) is 0. The number of fused-ring (bicyclic) bond motifs is 1. The lowest BCUT2D eigenvalue weighted by Gasteiger charge is -2.42. The summed E-state index contributed by atoms with van der Waals surface area (Å²) in [6.45, 7) is 0. The lowest BCUT2D eigenvalue weighted by atomic mass is 9.66. The van der Waals surface area contributed by atoms with Gasteiger partial charge >= 0.3 is 5.97 Å². The van der Waals surface area contributed by atoms with Crippen molar-refractivity contribution in [3.05, 3.63) is 35.5 Å². The van der Waals surface area contributed by atoms with Crippen molar-refractivity contribution in [1.82, 2.24) is 4.90 Å². The first-order chi connectivity index (χ1) is 8.79. The summed E-state index contributed by atoms with van der Waals surface area (Å²) in [6.07, 6.45) is 13.8. The molecule has 1 spiro atoms. The summed E-state index contributed by atoms with van der Waals surface area (Å²) in [6, 6.07) is 0. The van der Waals surface area contributed by atoms with Crippen LogP contribution in [-0.4, -0.2) is 10.9 Å². The van der Waals surface area contributed by atoms with Gasteiger partial charge in [-0.1, -0.05) is 12.5 Å². The molecule has 0 amide bonds. The Morgan fingerprint density at radius 2 is 2.22 bits per heavy atom. The first-order valence-electron chi connectivity index (χ1n) is 6.90. The molecule has 4 aliphatic rings. The van der Waals surface area contributed by atoms with Crippen LogP contribution in [0.1, 0.15) is 44.9 Å². The largest absolute Gasteiger partial charge is 0.428 e. The molecule has 0 aromatic heterocycles. The van der Waals surface area contributed by atoms with E-state index in [0.29, 0.717) is 6.42 Å². The number of ether oxygens (including phenoxy) is 1. The van der Waals surface area contributed by atoms with Crippen molar-refractivity contribution in [2.75, 3.05) is 0 Å². The minimum Gasteiger partial charge on any atom is -0.428 e. The molecule has 0 radical (unpaired) electrons. The summed E-state index contributed by atoms with van der Waals surface area (Å²) in [4.78, 5) is 14.0. The lowest BCUT2D eigenvalue weighted by molar-refractivity contribution is -0.135. The second-order valence-corrected chi connectivity index (χ2v) is 5.70. The first kappa shape index (κ1) is 10.4. The molecule has 0 aromatic rings. The smallest absolute Gasteiger partial charge is 0.312 e. The number of hydrogen-bond acceptors (Lipinski definition) is 3. The van der Waals surface area contributed by atoms with E-state index >= 15 is 0 Å². The number of carbonyl (C=O) groups is 1. The van der Waals surface area contributed by atoms with Crippen LogP contribution in [0.3, 0.4) is 0 Å². The normalized spacial score (nSPS) is 33.7. The summed E-state index contributed by atoms with van der Waals surface area (Å²) >= 11 is 0. The highest BCUT2D eigenvalue weighted by Gasteiger charge is 2.52. The molecule has 1 atom stereocenters. The number of allylic oxidation sites excluding steroid dienone is 3. The fraction of sp³-hybridized carbons (Fsp3) is 0.533. The van der Waals surface area contributed by atoms with Gasteiger partial charge in [-0.25, -0.2) is 0 Å². The molecule has 2 fully saturated rings. The van der Waals surface area contributed by atoms with E-state index in [9.17, 15) is 4.79 Å². The van der Waals surface area contributed by atoms with Crippen LogP contribution < -0.4 is 0 Å². The first-order valence-corrected chi connectivity index (χ1v) is 6.90. The average molecular weight is 243 g/mol. The molecular formula is C15H17NO2. The molecule has 0 bridgehead atoms. The SMILES string of the molecule is O=C1C[C@@]23CCCCC2=CN2C=CCCC2=C3O1. The van der Waals surface area contributed by atoms with E-state index in [2.05, 4.69) is 23.4 Å². The maximum atomic E-state index is 11.8. The van der Waals surface area contributed by atoms with E-state index in [4.69, 9.17) is 4.74 Å². The molecule has 1 saturated heterocycles. The summed E-state index contributed by atoms with van der Waals surface area (Å²) in [5.41, 5.74) is 2.56. The van der Waals surface area contributed by atoms with Crippen LogP contribution in [0.2, 0.25) is 0 Å². The Kier molecular flexibility index (Phi) is 2.02. The third kappa shape index (κ3) is 1.22. The van der Waals surface area contributed by atoms with E-state index in [1.807, 2.05) is 0 Å². The molecule has 3 nitrogen and oxygen atoms in total. The second kappa shape index (κ2) is 3.50. The number of nitrogens with zero attached hydrogens (tertiary/aromatic N) is 1. The molecule has 3 aliphatic heterocycles. The highest BCUT2D eigenvalue weighted by molar-refractivity contribution is 5.77. The van der Waals surface area contributed by atoms with Crippen LogP contribution in [0.4, 0.5) is 0 Å². The second-order valence-electron chi connectivity index (χ2n) is 5.70. The van der Waals surface area contributed by atoms with Gasteiger partial charge in [-0.15, -0.1) is 0 Å². The van der Waals surface area contributed by atoms with Gasteiger partial charge in [0.05, 0.1) is 17.5 Å². The predicted molar refractivity (Wildman–Crippen MR) is 66.9 cm³/mol. The van der Waals surface area contributed by atoms with Crippen molar-refractivity contribution < 1.29 is 9.53 Å². The van der Waals surface area contributed by atoms with Gasteiger partial charge in [0.25, 0.3) is 0 Å². The Morgan fingerprint density at radius 3 is 3.17 bits per heavy atom. The Hall–Kier alpha value is -1.51. The van der Waals surface area contributed by atoms with E-state index in [1.165, 1.54) is 24.1 Å². The molecule has 1 saturated carbocycles. The summed E-state index contributed by atoms with van der Waals surface area (Å²) in [5.74, 6) is 0.941. The molecule has 0 aromatic carbocycles. The third-order valence-corrected chi connectivity index (χ3v) is 4.69. The van der Waals surface area contributed by atoms with Crippen LogP contribution in [0.15, 0.2) is 35.5 Å². The Morgan fingerprint density at radius 1 is 1.28 bits per heavy atom. The van der Waals surface area contributed by atoms with Gasteiger partial charge < -0.3 is 9.64 Å². The summed E-state index contributed by atoms with van der Waals surface area (Å²) in [5, 5.41) is 0. The van der Waals surface area contributed by atoms with Crippen molar-refractivity contribution in [1.29, 1.82) is 0 Å². The quantitative estimate of drug-likeness (QED) is 0.612. The maximum Gasteiger partial charge on any atom is 0.312 e. The van der Waals surface area contributed by atoms with Gasteiger partial charge in [0.15, 0.2) is 0 Å². The molecule has 3 heteroatoms. The number of esters is 1. The van der Waals surface area contributed by atoms with Crippen molar-refractivity contribution in [3.8, 4) is 0 Å². The van der Waals surface area contributed by atoms with Gasteiger partial charge in [-0.3, -0.25) is 4.79 Å². The van der Waals surface area contributed by atoms with Crippen LogP contribution in [0, 0.1) is 5.41 Å². The van der Waals surface area contributed by atoms with Gasteiger partial charge in [-0.2, -0.15) is 0 Å². The van der Waals surface area contributed by atoms with Crippen LogP contribution >= 0.6 is 0 Å². The van der Waals surface area contributed by atoms with Crippen molar-refractivity contribution in [2.45, 2.75) is 44.9 Å². The zero-order valence-corrected chi connectivity index (χ0v) is 10.4. The molecule has 94 valence electrons. The monoisotopic (exact) mass is 243 g/mol. The van der Waals surface area contributed by atoms with E-state index in [-0.39, 0.29) is 11.4 Å². The molecule has 1 aliphatic carbocycles. The lowest BCUT2D eigenvalue weighted by Crippen LogP contribution is -2.34. The van der Waals surface area contributed by atoms with Crippen molar-refractivity contribution >= 4 is 5.97 Å². The predicted octanol–water partition coefficient (Wildman–Crippen LogP) is 3.21. The summed E-state index contributed by atoms with van der Waals surface area (Å²) in [7, 11) is 0. The van der Waals surface area contributed by atoms with Crippen LogP contribution in [0.25, 0.3) is 0 Å². The molecular weight excluding hydrogens is 226 g/mol. The van der Waals surface area contributed by atoms with Crippen molar-refractivity contribution in [2.24, 2.45) is 5.41 Å². The Bertz CT molecular complexity index is 515. The fourth-order valence-electron chi connectivity index (χ4n) is 3.85. The van der Waals surface area contributed by atoms with Gasteiger partial charge in [0.2, 0.25) is 0 Å². The van der Waals surface area contributed by atoms with Crippen LogP contribution in [0.5, 0.6) is 0 Å². The minimum absolute atomic E-state index is 0.0401. The van der Waals surface area contributed by atoms with Gasteiger partial charge in [0.1, 0.15) is 5.76 Å². The zero-order valence-electron chi connectivity index (χ0n) is 10.4. The molecule has 0 N–H and O–H groups in total. The van der Waals surface area contributed by atoms with Crippen molar-refractivity contribution in [3.63, 3.8) is 0 Å². The zero-order chi connectivity index (χ0) is 12.2. The number of rotatable bonds is 0. The van der Waals surface area contributed by atoms with E-state index < -0.39 is 0 Å². The standard InChI is InChI=1S/C15H17NO2/c17-13-9-15-7-3-1-5-11(15)10-16-8-4-2-6-12(16)14(15)18-13/h4,8,10H,1-3,5-7,9H2/t15-/m0/s1. The minimum atomic E-state index is -0.0631. The van der Waals surface area contributed by atoms with E-state index in [1.54, 1.807) is 0 Å². The Balaban J connectivity index is 1.90. The molecule has 18 heavy (non-hydrogen) atoms. The Labute approximate surface area is 107 Å². The third-order valence-electron chi connectivity index (χ3n) is 4.69. The topological polar surface area (TPSA) is 29.5 Å². The highest BCUT2D eigenvalue weighted by atomic mass is 16.5. The fourth-order valence-corrected chi connectivity index (χ4v) is 3.85. The van der Waals surface area contributed by atoms with Gasteiger partial charge in [-0.05, 0) is 37.7 Å². The number of carbonyl (C=O) groups excluding carboxylic acids is 1. The molecule has 3 heterocycles. The van der Waals surface area contributed by atoms with E-state index in [0.717, 1.165) is 31.4 Å². The van der Waals surface area contributed by atoms with Gasteiger partial charge in [0, 0.05) is 12.4 Å².